The van der Waals surface area contributed by atoms with E-state index in [1.807, 2.05) is 29.6 Å². The Hall–Kier alpha value is -1.30. The first kappa shape index (κ1) is 14.6. The van der Waals surface area contributed by atoms with E-state index in [0.29, 0.717) is 5.56 Å². The van der Waals surface area contributed by atoms with Crippen LogP contribution in [-0.2, 0) is 6.42 Å². The Balaban J connectivity index is 1.97. The molecule has 1 nitrogen and oxygen atoms in total. The average molecular weight is 369 g/mol. The quantitative estimate of drug-likeness (QED) is 0.628. The molecule has 0 saturated heterocycles. The SMILES string of the molecule is OC(Cc1c(F)ccc(Br)c1F)c1csc2ccccc12. The fourth-order valence-corrected chi connectivity index (χ4v) is 3.70. The van der Waals surface area contributed by atoms with Crippen LogP contribution < -0.4 is 0 Å². The van der Waals surface area contributed by atoms with Gasteiger partial charge < -0.3 is 5.11 Å². The van der Waals surface area contributed by atoms with Gasteiger partial charge in [-0.05, 0) is 50.5 Å². The van der Waals surface area contributed by atoms with Crippen LogP contribution in [0.5, 0.6) is 0 Å². The summed E-state index contributed by atoms with van der Waals surface area (Å²) in [5, 5.41) is 13.1. The van der Waals surface area contributed by atoms with Gasteiger partial charge in [0, 0.05) is 16.7 Å². The highest BCUT2D eigenvalue weighted by molar-refractivity contribution is 9.10. The summed E-state index contributed by atoms with van der Waals surface area (Å²) in [6.07, 6.45) is -1.04. The number of rotatable bonds is 3. The van der Waals surface area contributed by atoms with Crippen LogP contribution in [0.3, 0.4) is 0 Å². The van der Waals surface area contributed by atoms with Crippen molar-refractivity contribution in [2.75, 3.05) is 0 Å². The highest BCUT2D eigenvalue weighted by Crippen LogP contribution is 2.33. The van der Waals surface area contributed by atoms with E-state index in [1.165, 1.54) is 23.5 Å². The first-order valence-electron chi connectivity index (χ1n) is 6.34. The summed E-state index contributed by atoms with van der Waals surface area (Å²) < 4.78 is 29.0. The molecule has 2 aromatic carbocycles. The molecule has 0 aliphatic heterocycles. The monoisotopic (exact) mass is 368 g/mol. The molecule has 21 heavy (non-hydrogen) atoms. The van der Waals surface area contributed by atoms with Crippen LogP contribution in [0, 0.1) is 11.6 Å². The van der Waals surface area contributed by atoms with Crippen molar-refractivity contribution in [1.82, 2.24) is 0 Å². The summed E-state index contributed by atoms with van der Waals surface area (Å²) in [6, 6.07) is 10.2. The van der Waals surface area contributed by atoms with E-state index in [9.17, 15) is 13.9 Å². The standard InChI is InChI=1S/C16H11BrF2OS/c17-12-5-6-13(18)10(16(12)19)7-14(20)11-8-21-15-4-2-1-3-9(11)15/h1-6,8,14,20H,7H2. The Morgan fingerprint density at radius 1 is 1.14 bits per heavy atom. The largest absolute Gasteiger partial charge is 0.388 e. The van der Waals surface area contributed by atoms with Gasteiger partial charge in [0.15, 0.2) is 0 Å². The lowest BCUT2D eigenvalue weighted by Gasteiger charge is -2.12. The highest BCUT2D eigenvalue weighted by Gasteiger charge is 2.19. The lowest BCUT2D eigenvalue weighted by molar-refractivity contribution is 0.177. The Morgan fingerprint density at radius 3 is 2.71 bits per heavy atom. The van der Waals surface area contributed by atoms with Gasteiger partial charge in [-0.1, -0.05) is 18.2 Å². The Kier molecular flexibility index (Phi) is 4.06. The van der Waals surface area contributed by atoms with Gasteiger partial charge in [0.05, 0.1) is 10.6 Å². The van der Waals surface area contributed by atoms with Gasteiger partial charge in [-0.2, -0.15) is 0 Å². The lowest BCUT2D eigenvalue weighted by atomic mass is 10.00. The van der Waals surface area contributed by atoms with Crippen molar-refractivity contribution >= 4 is 37.4 Å². The third-order valence-corrected chi connectivity index (χ3v) is 5.00. The molecule has 3 rings (SSSR count). The molecule has 0 aliphatic carbocycles. The number of thiophene rings is 1. The first-order chi connectivity index (χ1) is 10.1. The fourth-order valence-electron chi connectivity index (χ4n) is 2.32. The summed E-state index contributed by atoms with van der Waals surface area (Å²) in [5.74, 6) is -1.30. The molecule has 0 amide bonds. The smallest absolute Gasteiger partial charge is 0.143 e. The first-order valence-corrected chi connectivity index (χ1v) is 8.01. The number of fused-ring (bicyclic) bond motifs is 1. The number of benzene rings is 2. The van der Waals surface area contributed by atoms with Gasteiger partial charge in [-0.15, -0.1) is 11.3 Å². The molecule has 0 radical (unpaired) electrons. The average Bonchev–Trinajstić information content (AvgIpc) is 2.91. The predicted molar refractivity (Wildman–Crippen MR) is 84.5 cm³/mol. The molecule has 1 atom stereocenters. The summed E-state index contributed by atoms with van der Waals surface area (Å²) in [7, 11) is 0. The Bertz CT molecular complexity index is 800. The zero-order valence-electron chi connectivity index (χ0n) is 10.8. The van der Waals surface area contributed by atoms with E-state index in [-0.39, 0.29) is 16.5 Å². The Morgan fingerprint density at radius 2 is 1.90 bits per heavy atom. The zero-order valence-corrected chi connectivity index (χ0v) is 13.2. The number of halogens is 3. The van der Waals surface area contributed by atoms with Crippen molar-refractivity contribution in [2.45, 2.75) is 12.5 Å². The molecule has 1 unspecified atom stereocenters. The van der Waals surface area contributed by atoms with Crippen molar-refractivity contribution in [3.63, 3.8) is 0 Å². The maximum atomic E-state index is 14.0. The van der Waals surface area contributed by atoms with Crippen LogP contribution in [0.15, 0.2) is 46.3 Å². The van der Waals surface area contributed by atoms with E-state index < -0.39 is 17.7 Å². The zero-order chi connectivity index (χ0) is 15.0. The minimum absolute atomic E-state index is 0.0994. The van der Waals surface area contributed by atoms with Crippen LogP contribution in [0.4, 0.5) is 8.78 Å². The van der Waals surface area contributed by atoms with Gasteiger partial charge in [0.1, 0.15) is 11.6 Å². The molecular formula is C16H11BrF2OS. The predicted octanol–water partition coefficient (Wildman–Crippen LogP) is 5.22. The number of aliphatic hydroxyl groups excluding tert-OH is 1. The number of hydrogen-bond donors (Lipinski definition) is 1. The summed E-state index contributed by atoms with van der Waals surface area (Å²) in [4.78, 5) is 0. The normalized spacial score (nSPS) is 12.8. The molecule has 108 valence electrons. The molecule has 0 spiro atoms. The van der Waals surface area contributed by atoms with Crippen LogP contribution in [0.1, 0.15) is 17.2 Å². The van der Waals surface area contributed by atoms with Crippen LogP contribution in [-0.4, -0.2) is 5.11 Å². The van der Waals surface area contributed by atoms with E-state index in [1.54, 1.807) is 0 Å². The second-order valence-corrected chi connectivity index (χ2v) is 6.49. The minimum Gasteiger partial charge on any atom is -0.388 e. The van der Waals surface area contributed by atoms with Gasteiger partial charge in [0.25, 0.3) is 0 Å². The molecule has 5 heteroatoms. The minimum atomic E-state index is -0.945. The van der Waals surface area contributed by atoms with E-state index in [0.717, 1.165) is 10.1 Å². The van der Waals surface area contributed by atoms with Crippen molar-refractivity contribution < 1.29 is 13.9 Å². The molecule has 0 fully saturated rings. The molecule has 0 saturated carbocycles. The molecule has 3 aromatic rings. The topological polar surface area (TPSA) is 20.2 Å². The lowest BCUT2D eigenvalue weighted by Crippen LogP contribution is -2.05. The fraction of sp³-hybridized carbons (Fsp3) is 0.125. The van der Waals surface area contributed by atoms with Gasteiger partial charge in [-0.25, -0.2) is 8.78 Å². The van der Waals surface area contributed by atoms with Crippen LogP contribution in [0.2, 0.25) is 0 Å². The number of hydrogen-bond acceptors (Lipinski definition) is 2. The van der Waals surface area contributed by atoms with Crippen molar-refractivity contribution in [3.05, 3.63) is 69.0 Å². The summed E-state index contributed by atoms with van der Waals surface area (Å²) in [6.45, 7) is 0. The highest BCUT2D eigenvalue weighted by atomic mass is 79.9. The second-order valence-electron chi connectivity index (χ2n) is 4.73. The van der Waals surface area contributed by atoms with Crippen molar-refractivity contribution in [1.29, 1.82) is 0 Å². The summed E-state index contributed by atoms with van der Waals surface area (Å²) in [5.41, 5.74) is 0.599. The van der Waals surface area contributed by atoms with Gasteiger partial charge in [-0.3, -0.25) is 0 Å². The molecular weight excluding hydrogens is 358 g/mol. The van der Waals surface area contributed by atoms with E-state index in [4.69, 9.17) is 0 Å². The maximum absolute atomic E-state index is 14.0. The third-order valence-electron chi connectivity index (χ3n) is 3.41. The van der Waals surface area contributed by atoms with Gasteiger partial charge >= 0.3 is 0 Å². The van der Waals surface area contributed by atoms with Crippen molar-refractivity contribution in [3.8, 4) is 0 Å². The third kappa shape index (κ3) is 2.73. The van der Waals surface area contributed by atoms with Crippen LogP contribution >= 0.6 is 27.3 Å². The van der Waals surface area contributed by atoms with Crippen molar-refractivity contribution in [2.24, 2.45) is 0 Å². The molecule has 0 aliphatic rings. The second kappa shape index (κ2) is 5.83. The number of aliphatic hydroxyl groups is 1. The maximum Gasteiger partial charge on any atom is 0.143 e. The molecule has 1 heterocycles. The van der Waals surface area contributed by atoms with Crippen LogP contribution in [0.25, 0.3) is 10.1 Å². The molecule has 0 bridgehead atoms. The van der Waals surface area contributed by atoms with Gasteiger partial charge in [0.2, 0.25) is 0 Å². The van der Waals surface area contributed by atoms with E-state index in [2.05, 4.69) is 15.9 Å². The summed E-state index contributed by atoms with van der Waals surface area (Å²) >= 11 is 4.55. The van der Waals surface area contributed by atoms with E-state index >= 15 is 0 Å². The molecule has 1 aromatic heterocycles. The Labute approximate surface area is 133 Å². The molecule has 1 N–H and O–H groups in total.